The molecule has 0 aromatic carbocycles. The Morgan fingerprint density at radius 3 is 2.41 bits per heavy atom. The average molecular weight is 551 g/mol. The number of carbonyl (C=O) groups is 2. The third-order valence-corrected chi connectivity index (χ3v) is 12.0. The summed E-state index contributed by atoms with van der Waals surface area (Å²) < 4.78 is 16.9. The van der Waals surface area contributed by atoms with Gasteiger partial charge >= 0.3 is 5.97 Å². The van der Waals surface area contributed by atoms with Gasteiger partial charge in [0.25, 0.3) is 0 Å². The van der Waals surface area contributed by atoms with E-state index in [-0.39, 0.29) is 36.8 Å². The van der Waals surface area contributed by atoms with E-state index in [1.807, 2.05) is 0 Å². The maximum Gasteiger partial charge on any atom is 0.331 e. The summed E-state index contributed by atoms with van der Waals surface area (Å²) in [6.07, 6.45) is 0.689. The van der Waals surface area contributed by atoms with Gasteiger partial charge in [-0.05, 0) is 81.6 Å². The van der Waals surface area contributed by atoms with E-state index in [4.69, 9.17) is 14.2 Å². The molecule has 13 atom stereocenters. The molecule has 2 heterocycles. The maximum absolute atomic E-state index is 13.0. The smallest absolute Gasteiger partial charge is 0.331 e. The van der Waals surface area contributed by atoms with Gasteiger partial charge in [-0.1, -0.05) is 6.92 Å². The largest absolute Gasteiger partial charge is 0.458 e. The molecule has 218 valence electrons. The molecule has 5 fully saturated rings. The number of aliphatic hydroxyl groups excluding tert-OH is 3. The number of hydrogen-bond acceptors (Lipinski definition) is 10. The van der Waals surface area contributed by atoms with E-state index >= 15 is 0 Å². The van der Waals surface area contributed by atoms with Crippen LogP contribution in [0.5, 0.6) is 0 Å². The van der Waals surface area contributed by atoms with E-state index in [0.717, 1.165) is 18.3 Å². The molecule has 0 aromatic heterocycles. The topological polar surface area (TPSA) is 163 Å². The van der Waals surface area contributed by atoms with Crippen molar-refractivity contribution in [1.82, 2.24) is 0 Å². The van der Waals surface area contributed by atoms with Crippen LogP contribution in [0.15, 0.2) is 11.6 Å². The highest BCUT2D eigenvalue weighted by molar-refractivity contribution is 5.85. The van der Waals surface area contributed by atoms with Gasteiger partial charge in [-0.2, -0.15) is 0 Å². The first-order valence-corrected chi connectivity index (χ1v) is 14.5. The highest BCUT2D eigenvalue weighted by Crippen LogP contribution is 2.70. The molecular formula is C29H42O10. The van der Waals surface area contributed by atoms with Crippen molar-refractivity contribution in [1.29, 1.82) is 0 Å². The highest BCUT2D eigenvalue weighted by Gasteiger charge is 2.71. The Morgan fingerprint density at radius 2 is 1.72 bits per heavy atom. The fourth-order valence-corrected chi connectivity index (χ4v) is 9.75. The predicted molar refractivity (Wildman–Crippen MR) is 135 cm³/mol. The van der Waals surface area contributed by atoms with Crippen molar-refractivity contribution >= 4 is 12.3 Å². The van der Waals surface area contributed by atoms with Crippen LogP contribution in [0.3, 0.4) is 0 Å². The van der Waals surface area contributed by atoms with Crippen LogP contribution in [-0.4, -0.2) is 92.4 Å². The summed E-state index contributed by atoms with van der Waals surface area (Å²) in [5.41, 5.74) is -2.86. The zero-order valence-corrected chi connectivity index (χ0v) is 22.7. The number of fused-ring (bicyclic) bond motifs is 5. The lowest BCUT2D eigenvalue weighted by atomic mass is 9.41. The van der Waals surface area contributed by atoms with Crippen molar-refractivity contribution in [2.75, 3.05) is 6.61 Å². The molecule has 4 saturated carbocycles. The lowest BCUT2D eigenvalue weighted by molar-refractivity contribution is -0.317. The van der Waals surface area contributed by atoms with Gasteiger partial charge in [0.05, 0.1) is 28.8 Å². The fourth-order valence-electron chi connectivity index (χ4n) is 9.75. The molecule has 6 rings (SSSR count). The molecule has 0 spiro atoms. The third kappa shape index (κ3) is 3.78. The van der Waals surface area contributed by atoms with Crippen LogP contribution >= 0.6 is 0 Å². The number of aliphatic hydroxyl groups is 5. The van der Waals surface area contributed by atoms with Crippen molar-refractivity contribution in [2.45, 2.75) is 120 Å². The molecule has 0 unspecified atom stereocenters. The molecule has 1 saturated heterocycles. The quantitative estimate of drug-likeness (QED) is 0.192. The molecule has 5 N–H and O–H groups in total. The highest BCUT2D eigenvalue weighted by atomic mass is 16.7. The molecule has 6 aliphatic rings. The van der Waals surface area contributed by atoms with Gasteiger partial charge in [0.1, 0.15) is 31.2 Å². The van der Waals surface area contributed by atoms with E-state index in [2.05, 4.69) is 6.92 Å². The molecule has 10 heteroatoms. The number of esters is 1. The Bertz CT molecular complexity index is 1050. The summed E-state index contributed by atoms with van der Waals surface area (Å²) in [4.78, 5) is 24.8. The van der Waals surface area contributed by atoms with Crippen LogP contribution in [0.4, 0.5) is 0 Å². The molecular weight excluding hydrogens is 508 g/mol. The second-order valence-electron chi connectivity index (χ2n) is 13.4. The van der Waals surface area contributed by atoms with Crippen molar-refractivity contribution in [3.63, 3.8) is 0 Å². The van der Waals surface area contributed by atoms with Crippen molar-refractivity contribution < 1.29 is 49.3 Å². The second-order valence-corrected chi connectivity index (χ2v) is 13.4. The zero-order chi connectivity index (χ0) is 28.0. The zero-order valence-electron chi connectivity index (χ0n) is 22.7. The molecule has 0 bridgehead atoms. The molecule has 0 amide bonds. The van der Waals surface area contributed by atoms with Crippen LogP contribution in [0, 0.1) is 28.6 Å². The van der Waals surface area contributed by atoms with E-state index in [1.54, 1.807) is 13.0 Å². The molecule has 0 radical (unpaired) electrons. The Hall–Kier alpha value is -1.40. The Kier molecular flexibility index (Phi) is 6.62. The van der Waals surface area contributed by atoms with Gasteiger partial charge in [-0.3, -0.25) is 0 Å². The average Bonchev–Trinajstić information content (AvgIpc) is 3.45. The first-order chi connectivity index (χ1) is 18.4. The molecule has 10 nitrogen and oxygen atoms in total. The number of carbonyl (C=O) groups excluding carboxylic acids is 2. The minimum atomic E-state index is -1.43. The summed E-state index contributed by atoms with van der Waals surface area (Å²) in [6, 6.07) is 0. The lowest BCUT2D eigenvalue weighted by Gasteiger charge is -2.65. The molecule has 4 aliphatic carbocycles. The van der Waals surface area contributed by atoms with E-state index in [1.165, 1.54) is 0 Å². The summed E-state index contributed by atoms with van der Waals surface area (Å²) in [7, 11) is 0. The van der Waals surface area contributed by atoms with Gasteiger partial charge in [-0.15, -0.1) is 0 Å². The monoisotopic (exact) mass is 550 g/mol. The van der Waals surface area contributed by atoms with Crippen LogP contribution in [0.1, 0.15) is 71.6 Å². The van der Waals surface area contributed by atoms with Gasteiger partial charge < -0.3 is 44.5 Å². The fraction of sp³-hybridized carbons (Fsp3) is 0.862. The standard InChI is InChI=1S/C29H42O10/c1-15-22(32)23(33)24(34)25(38-15)39-17-3-8-27(14-30)19-4-7-26(2)18(16-11-21(31)37-13-16)6-10-29(26,36)20(19)5-9-28(27,35)12-17/h11,14-15,17-20,22-25,32-36H,3-10,12-13H2,1-2H3/t15-,17-,18-,19-,20+,22-,23+,24+,25-,26+,27-,28-,29-/m0/s1. The Balaban J connectivity index is 1.22. The minimum absolute atomic E-state index is 0.0465. The van der Waals surface area contributed by atoms with Crippen LogP contribution in [-0.2, 0) is 23.8 Å². The molecule has 0 aromatic rings. The van der Waals surface area contributed by atoms with E-state index in [9.17, 15) is 35.1 Å². The summed E-state index contributed by atoms with van der Waals surface area (Å²) >= 11 is 0. The molecule has 39 heavy (non-hydrogen) atoms. The number of cyclic esters (lactones) is 1. The summed E-state index contributed by atoms with van der Waals surface area (Å²) in [6.45, 7) is 3.98. The first kappa shape index (κ1) is 27.8. The maximum atomic E-state index is 13.0. The van der Waals surface area contributed by atoms with E-state index in [0.29, 0.717) is 44.9 Å². The van der Waals surface area contributed by atoms with Crippen LogP contribution < -0.4 is 0 Å². The minimum Gasteiger partial charge on any atom is -0.458 e. The van der Waals surface area contributed by atoms with Gasteiger partial charge in [0.15, 0.2) is 6.29 Å². The van der Waals surface area contributed by atoms with Crippen molar-refractivity contribution in [3.05, 3.63) is 11.6 Å². The van der Waals surface area contributed by atoms with Crippen molar-refractivity contribution in [2.24, 2.45) is 28.6 Å². The lowest BCUT2D eigenvalue weighted by Crippen LogP contribution is -2.69. The number of aldehydes is 1. The number of rotatable bonds is 4. The third-order valence-electron chi connectivity index (χ3n) is 12.0. The van der Waals surface area contributed by atoms with Crippen LogP contribution in [0.25, 0.3) is 0 Å². The predicted octanol–water partition coefficient (Wildman–Crippen LogP) is 0.750. The van der Waals surface area contributed by atoms with Gasteiger partial charge in [0, 0.05) is 17.9 Å². The van der Waals surface area contributed by atoms with Crippen molar-refractivity contribution in [3.8, 4) is 0 Å². The Morgan fingerprint density at radius 1 is 0.974 bits per heavy atom. The second kappa shape index (κ2) is 9.31. The summed E-state index contributed by atoms with van der Waals surface area (Å²) in [5.74, 6) is -0.616. The Labute approximate surface area is 228 Å². The number of hydrogen-bond donors (Lipinski definition) is 5. The number of ether oxygens (including phenoxy) is 3. The first-order valence-electron chi connectivity index (χ1n) is 14.5. The van der Waals surface area contributed by atoms with Gasteiger partial charge in [-0.25, -0.2) is 4.79 Å². The SMILES string of the molecule is C[C@@H]1O[C@@H](O[C@H]2CC[C@]3(C=O)[C@H]4CC[C@]5(C)[C@H](C6=CC(=O)OC6)CC[C@]5(O)[C@@H]4CC[C@]3(O)C2)[C@H](O)[C@H](O)[C@H]1O. The molecule has 2 aliphatic heterocycles. The normalized spacial score (nSPS) is 55.2. The van der Waals surface area contributed by atoms with E-state index < -0.39 is 58.8 Å². The van der Waals surface area contributed by atoms with Gasteiger partial charge in [0.2, 0.25) is 0 Å². The summed E-state index contributed by atoms with van der Waals surface area (Å²) in [5, 5.41) is 55.0. The van der Waals surface area contributed by atoms with Crippen LogP contribution in [0.2, 0.25) is 0 Å².